The van der Waals surface area contributed by atoms with Gasteiger partial charge in [-0.3, -0.25) is 4.98 Å². The summed E-state index contributed by atoms with van der Waals surface area (Å²) in [4.78, 5) is 4.15. The van der Waals surface area contributed by atoms with Crippen molar-refractivity contribution < 1.29 is 4.74 Å². The quantitative estimate of drug-likeness (QED) is 0.576. The first kappa shape index (κ1) is 13.7. The van der Waals surface area contributed by atoms with Crippen molar-refractivity contribution in [3.8, 4) is 22.8 Å². The van der Waals surface area contributed by atoms with Crippen LogP contribution < -0.4 is 4.74 Å². The lowest BCUT2D eigenvalue weighted by Crippen LogP contribution is -1.96. The van der Waals surface area contributed by atoms with Crippen molar-refractivity contribution in [3.63, 3.8) is 0 Å². The molecule has 4 rings (SSSR count). The van der Waals surface area contributed by atoms with Gasteiger partial charge in [0.2, 0.25) is 11.2 Å². The summed E-state index contributed by atoms with van der Waals surface area (Å²) in [5.41, 5.74) is 2.45. The van der Waals surface area contributed by atoms with Crippen LogP contribution >= 0.6 is 11.6 Å². The number of benzene rings is 1. The molecule has 3 aromatic heterocycles. The van der Waals surface area contributed by atoms with E-state index in [0.717, 1.165) is 11.1 Å². The minimum absolute atomic E-state index is 0.186. The van der Waals surface area contributed by atoms with Gasteiger partial charge in [-0.1, -0.05) is 24.3 Å². The number of halogens is 1. The minimum Gasteiger partial charge on any atom is -0.437 e. The van der Waals surface area contributed by atoms with E-state index in [1.54, 1.807) is 24.5 Å². The summed E-state index contributed by atoms with van der Waals surface area (Å²) in [6.07, 6.45) is 3.52. The van der Waals surface area contributed by atoms with Crippen molar-refractivity contribution in [3.05, 3.63) is 66.2 Å². The molecular weight excluding hydrogens is 314 g/mol. The second kappa shape index (κ2) is 5.66. The Morgan fingerprint density at radius 3 is 2.74 bits per heavy atom. The topological polar surface area (TPSA) is 65.2 Å². The molecule has 3 heterocycles. The monoisotopic (exact) mass is 323 g/mol. The number of rotatable bonds is 3. The summed E-state index contributed by atoms with van der Waals surface area (Å²) in [6, 6.07) is 15.0. The Balaban J connectivity index is 1.75. The van der Waals surface area contributed by atoms with Gasteiger partial charge in [-0.15, -0.1) is 15.3 Å². The van der Waals surface area contributed by atoms with E-state index in [9.17, 15) is 0 Å². The van der Waals surface area contributed by atoms with Gasteiger partial charge < -0.3 is 4.74 Å². The number of nitrogens with zero attached hydrogens (tertiary/aromatic N) is 5. The highest BCUT2D eigenvalue weighted by atomic mass is 35.5. The largest absolute Gasteiger partial charge is 0.437 e. The lowest BCUT2D eigenvalue weighted by Gasteiger charge is -2.10. The van der Waals surface area contributed by atoms with Crippen LogP contribution in [-0.4, -0.2) is 24.8 Å². The third-order valence-electron chi connectivity index (χ3n) is 3.27. The van der Waals surface area contributed by atoms with Gasteiger partial charge in [0, 0.05) is 29.6 Å². The summed E-state index contributed by atoms with van der Waals surface area (Å²) in [5, 5.41) is 12.1. The molecule has 6 nitrogen and oxygen atoms in total. The van der Waals surface area contributed by atoms with Gasteiger partial charge in [-0.2, -0.15) is 4.52 Å². The van der Waals surface area contributed by atoms with E-state index in [1.807, 2.05) is 36.4 Å². The Kier molecular flexibility index (Phi) is 3.36. The Hall–Kier alpha value is -2.99. The highest BCUT2D eigenvalue weighted by Gasteiger charge is 2.10. The lowest BCUT2D eigenvalue weighted by molar-refractivity contribution is 0.454. The van der Waals surface area contributed by atoms with E-state index in [4.69, 9.17) is 16.3 Å². The molecule has 0 saturated carbocycles. The summed E-state index contributed by atoms with van der Waals surface area (Å²) < 4.78 is 7.34. The van der Waals surface area contributed by atoms with Gasteiger partial charge in [0.1, 0.15) is 5.75 Å². The number of fused-ring (bicyclic) bond motifs is 1. The van der Waals surface area contributed by atoms with Crippen LogP contribution in [0.25, 0.3) is 16.8 Å². The molecule has 0 atom stereocenters. The fraction of sp³-hybridized carbons (Fsp3) is 0. The minimum atomic E-state index is 0.186. The van der Waals surface area contributed by atoms with E-state index in [2.05, 4.69) is 20.3 Å². The molecule has 0 aliphatic carbocycles. The van der Waals surface area contributed by atoms with Crippen LogP contribution in [0.5, 0.6) is 11.6 Å². The van der Waals surface area contributed by atoms with Crippen LogP contribution in [0.2, 0.25) is 5.28 Å². The molecule has 0 aliphatic rings. The molecule has 4 aromatic rings. The van der Waals surface area contributed by atoms with Crippen LogP contribution in [0.4, 0.5) is 0 Å². The molecule has 0 fully saturated rings. The highest BCUT2D eigenvalue weighted by molar-refractivity contribution is 6.28. The second-order valence-electron chi connectivity index (χ2n) is 4.75. The maximum Gasteiger partial charge on any atom is 0.246 e. The number of hydrogen-bond acceptors (Lipinski definition) is 5. The molecule has 112 valence electrons. The molecular formula is C16H10ClN5O. The number of para-hydroxylation sites is 1. The van der Waals surface area contributed by atoms with E-state index < -0.39 is 0 Å². The molecule has 0 radical (unpaired) electrons. The second-order valence-corrected chi connectivity index (χ2v) is 5.09. The average molecular weight is 324 g/mol. The predicted molar refractivity (Wildman–Crippen MR) is 85.5 cm³/mol. The molecule has 0 N–H and O–H groups in total. The Morgan fingerprint density at radius 1 is 0.957 bits per heavy atom. The molecule has 23 heavy (non-hydrogen) atoms. The van der Waals surface area contributed by atoms with Crippen molar-refractivity contribution >= 4 is 17.2 Å². The summed E-state index contributed by atoms with van der Waals surface area (Å²) in [5.74, 6) is 1.08. The molecule has 0 unspecified atom stereocenters. The normalized spacial score (nSPS) is 10.8. The maximum atomic E-state index is 5.94. The van der Waals surface area contributed by atoms with Gasteiger partial charge in [0.25, 0.3) is 0 Å². The molecule has 1 aromatic carbocycles. The Bertz CT molecular complexity index is 971. The number of pyridine rings is 1. The molecule has 0 saturated heterocycles. The van der Waals surface area contributed by atoms with Crippen LogP contribution in [0.15, 0.2) is 60.9 Å². The molecule has 7 heteroatoms. The first-order valence-electron chi connectivity index (χ1n) is 6.86. The van der Waals surface area contributed by atoms with Crippen molar-refractivity contribution in [1.82, 2.24) is 24.8 Å². The van der Waals surface area contributed by atoms with Crippen LogP contribution in [0.1, 0.15) is 0 Å². The third-order valence-corrected chi connectivity index (χ3v) is 3.51. The molecule has 0 spiro atoms. The van der Waals surface area contributed by atoms with E-state index >= 15 is 0 Å². The van der Waals surface area contributed by atoms with Gasteiger partial charge in [-0.05, 0) is 29.8 Å². The fourth-order valence-corrected chi connectivity index (χ4v) is 2.39. The van der Waals surface area contributed by atoms with Crippen LogP contribution in [-0.2, 0) is 0 Å². The van der Waals surface area contributed by atoms with Gasteiger partial charge in [0.15, 0.2) is 5.65 Å². The summed E-state index contributed by atoms with van der Waals surface area (Å²) in [7, 11) is 0. The van der Waals surface area contributed by atoms with Gasteiger partial charge >= 0.3 is 0 Å². The standard InChI is InChI=1S/C16H10ClN5O/c17-16-20-19-14-7-8-15(21-22(14)16)23-13-6-2-1-5-12(13)11-4-3-9-18-10-11/h1-10H. The van der Waals surface area contributed by atoms with E-state index in [-0.39, 0.29) is 5.28 Å². The summed E-state index contributed by atoms with van der Waals surface area (Å²) in [6.45, 7) is 0. The van der Waals surface area contributed by atoms with E-state index in [0.29, 0.717) is 17.3 Å². The average Bonchev–Trinajstić information content (AvgIpc) is 2.97. The van der Waals surface area contributed by atoms with E-state index in [1.165, 1.54) is 4.52 Å². The van der Waals surface area contributed by atoms with Crippen molar-refractivity contribution in [1.29, 1.82) is 0 Å². The fourth-order valence-electron chi connectivity index (χ4n) is 2.23. The number of hydrogen-bond donors (Lipinski definition) is 0. The smallest absolute Gasteiger partial charge is 0.246 e. The predicted octanol–water partition coefficient (Wildman–Crippen LogP) is 3.63. The maximum absolute atomic E-state index is 5.94. The first-order valence-corrected chi connectivity index (χ1v) is 7.24. The Labute approximate surface area is 136 Å². The van der Waals surface area contributed by atoms with Crippen LogP contribution in [0, 0.1) is 0 Å². The number of aromatic nitrogens is 5. The SMILES string of the molecule is Clc1nnc2ccc(Oc3ccccc3-c3cccnc3)nn12. The zero-order chi connectivity index (χ0) is 15.6. The lowest BCUT2D eigenvalue weighted by atomic mass is 10.1. The van der Waals surface area contributed by atoms with Gasteiger partial charge in [0.05, 0.1) is 0 Å². The van der Waals surface area contributed by atoms with Gasteiger partial charge in [-0.25, -0.2) is 0 Å². The zero-order valence-electron chi connectivity index (χ0n) is 11.8. The Morgan fingerprint density at radius 2 is 1.87 bits per heavy atom. The molecule has 0 aliphatic heterocycles. The van der Waals surface area contributed by atoms with Crippen molar-refractivity contribution in [2.24, 2.45) is 0 Å². The van der Waals surface area contributed by atoms with Crippen LogP contribution in [0.3, 0.4) is 0 Å². The molecule has 0 bridgehead atoms. The van der Waals surface area contributed by atoms with Crippen molar-refractivity contribution in [2.75, 3.05) is 0 Å². The zero-order valence-corrected chi connectivity index (χ0v) is 12.6. The third kappa shape index (κ3) is 2.60. The molecule has 0 amide bonds. The van der Waals surface area contributed by atoms with Crippen molar-refractivity contribution in [2.45, 2.75) is 0 Å². The highest BCUT2D eigenvalue weighted by Crippen LogP contribution is 2.32. The first-order chi connectivity index (χ1) is 11.3. The summed E-state index contributed by atoms with van der Waals surface area (Å²) >= 11 is 5.94. The number of ether oxygens (including phenoxy) is 1.